The molecule has 0 spiro atoms. The third-order valence-corrected chi connectivity index (χ3v) is 8.06. The first-order chi connectivity index (χ1) is 15.4. The third kappa shape index (κ3) is 4.71. The van der Waals surface area contributed by atoms with Crippen molar-refractivity contribution < 1.29 is 18.0 Å². The van der Waals surface area contributed by atoms with E-state index in [1.807, 2.05) is 0 Å². The van der Waals surface area contributed by atoms with Crippen LogP contribution in [0.4, 0.5) is 11.4 Å². The first-order valence-electron chi connectivity index (χ1n) is 11.2. The Morgan fingerprint density at radius 3 is 2.09 bits per heavy atom. The lowest BCUT2D eigenvalue weighted by molar-refractivity contribution is 0.101. The van der Waals surface area contributed by atoms with Crippen LogP contribution >= 0.6 is 0 Å². The number of amides is 1. The Morgan fingerprint density at radius 2 is 1.47 bits per heavy atom. The fourth-order valence-electron chi connectivity index (χ4n) is 4.33. The van der Waals surface area contributed by atoms with Gasteiger partial charge in [-0.15, -0.1) is 0 Å². The lowest BCUT2D eigenvalue weighted by Crippen LogP contribution is -2.35. The second-order valence-corrected chi connectivity index (χ2v) is 10.4. The molecule has 0 aliphatic carbocycles. The molecule has 170 valence electrons. The third-order valence-electron chi connectivity index (χ3n) is 6.16. The molecule has 1 N–H and O–H groups in total. The molecule has 8 heteroatoms. The van der Waals surface area contributed by atoms with E-state index in [0.29, 0.717) is 29.9 Å². The van der Waals surface area contributed by atoms with Crippen LogP contribution in [0.1, 0.15) is 59.7 Å². The van der Waals surface area contributed by atoms with Crippen molar-refractivity contribution in [1.29, 1.82) is 0 Å². The van der Waals surface area contributed by atoms with Crippen molar-refractivity contribution in [2.75, 3.05) is 36.4 Å². The van der Waals surface area contributed by atoms with E-state index in [2.05, 4.69) is 10.2 Å². The zero-order valence-electron chi connectivity index (χ0n) is 18.3. The van der Waals surface area contributed by atoms with Crippen LogP contribution in [-0.4, -0.2) is 50.6 Å². The Hall–Kier alpha value is -2.71. The molecule has 2 aliphatic heterocycles. The number of hydrogen-bond donors (Lipinski definition) is 1. The molecule has 2 aliphatic rings. The summed E-state index contributed by atoms with van der Waals surface area (Å²) >= 11 is 0. The van der Waals surface area contributed by atoms with Gasteiger partial charge in [-0.1, -0.05) is 6.42 Å². The van der Waals surface area contributed by atoms with Gasteiger partial charge in [0, 0.05) is 43.1 Å². The Bertz CT molecular complexity index is 1100. The number of nitrogens with one attached hydrogen (secondary N) is 1. The summed E-state index contributed by atoms with van der Waals surface area (Å²) in [6.07, 6.45) is 4.84. The number of benzene rings is 2. The molecule has 0 radical (unpaired) electrons. The van der Waals surface area contributed by atoms with E-state index in [1.54, 1.807) is 36.4 Å². The second-order valence-electron chi connectivity index (χ2n) is 8.43. The van der Waals surface area contributed by atoms with Crippen molar-refractivity contribution in [2.45, 2.75) is 43.9 Å². The molecule has 4 rings (SSSR count). The Labute approximate surface area is 189 Å². The summed E-state index contributed by atoms with van der Waals surface area (Å²) in [6.45, 7) is 4.20. The fourth-order valence-corrected chi connectivity index (χ4v) is 5.88. The first-order valence-corrected chi connectivity index (χ1v) is 12.6. The van der Waals surface area contributed by atoms with Crippen molar-refractivity contribution in [3.05, 3.63) is 53.6 Å². The Kier molecular flexibility index (Phi) is 6.62. The van der Waals surface area contributed by atoms with E-state index >= 15 is 0 Å². The van der Waals surface area contributed by atoms with Crippen molar-refractivity contribution in [2.24, 2.45) is 0 Å². The summed E-state index contributed by atoms with van der Waals surface area (Å²) in [5.41, 5.74) is 2.21. The van der Waals surface area contributed by atoms with Gasteiger partial charge in [0.2, 0.25) is 10.0 Å². The van der Waals surface area contributed by atoms with Gasteiger partial charge in [-0.3, -0.25) is 9.59 Å². The minimum absolute atomic E-state index is 0.0465. The van der Waals surface area contributed by atoms with E-state index in [9.17, 15) is 18.0 Å². The largest absolute Gasteiger partial charge is 0.371 e. The predicted octanol–water partition coefficient (Wildman–Crippen LogP) is 3.92. The average molecular weight is 456 g/mol. The highest BCUT2D eigenvalue weighted by Crippen LogP contribution is 2.30. The van der Waals surface area contributed by atoms with Gasteiger partial charge in [-0.05, 0) is 75.1 Å². The maximum Gasteiger partial charge on any atom is 0.257 e. The van der Waals surface area contributed by atoms with E-state index in [0.717, 1.165) is 50.9 Å². The van der Waals surface area contributed by atoms with Crippen LogP contribution in [0.3, 0.4) is 0 Å². The van der Waals surface area contributed by atoms with E-state index < -0.39 is 10.0 Å². The average Bonchev–Trinajstić information content (AvgIpc) is 3.34. The number of anilines is 2. The molecule has 0 bridgehead atoms. The minimum Gasteiger partial charge on any atom is -0.371 e. The lowest BCUT2D eigenvalue weighted by Gasteiger charge is -2.27. The molecule has 2 aromatic carbocycles. The number of Topliss-reactive ketones (excluding diaryl/α,β-unsaturated/α-hetero) is 1. The van der Waals surface area contributed by atoms with Gasteiger partial charge in [-0.2, -0.15) is 4.31 Å². The summed E-state index contributed by atoms with van der Waals surface area (Å²) in [7, 11) is -3.65. The van der Waals surface area contributed by atoms with Crippen molar-refractivity contribution in [3.63, 3.8) is 0 Å². The fraction of sp³-hybridized carbons (Fsp3) is 0.417. The Morgan fingerprint density at radius 1 is 0.844 bits per heavy atom. The first kappa shape index (κ1) is 22.5. The molecule has 0 unspecified atom stereocenters. The molecule has 0 aromatic heterocycles. The number of hydrogen-bond acceptors (Lipinski definition) is 5. The van der Waals surface area contributed by atoms with E-state index in [4.69, 9.17) is 0 Å². The maximum atomic E-state index is 13.3. The van der Waals surface area contributed by atoms with E-state index in [-0.39, 0.29) is 16.6 Å². The molecule has 0 saturated carbocycles. The maximum absolute atomic E-state index is 13.3. The summed E-state index contributed by atoms with van der Waals surface area (Å²) < 4.78 is 27.9. The topological polar surface area (TPSA) is 86.8 Å². The van der Waals surface area contributed by atoms with Crippen LogP contribution in [0.15, 0.2) is 47.4 Å². The quantitative estimate of drug-likeness (QED) is 0.667. The number of carbonyl (C=O) groups excluding carboxylic acids is 2. The standard InChI is InChI=1S/C24H29N3O4S/c1-18(28)19-7-9-20(10-8-19)25-24(29)22-17-21(11-12-23(22)26-13-5-6-14-26)32(30,31)27-15-3-2-4-16-27/h7-12,17H,2-6,13-16H2,1H3,(H,25,29). The number of ketones is 1. The van der Waals surface area contributed by atoms with Gasteiger partial charge >= 0.3 is 0 Å². The smallest absolute Gasteiger partial charge is 0.257 e. The molecular weight excluding hydrogens is 426 g/mol. The monoisotopic (exact) mass is 455 g/mol. The number of carbonyl (C=O) groups is 2. The van der Waals surface area contributed by atoms with Crippen LogP contribution in [0, 0.1) is 0 Å². The SMILES string of the molecule is CC(=O)c1ccc(NC(=O)c2cc(S(=O)(=O)N3CCCCC3)ccc2N2CCCC2)cc1. The number of piperidine rings is 1. The summed E-state index contributed by atoms with van der Waals surface area (Å²) in [6, 6.07) is 11.6. The molecule has 1 amide bonds. The second kappa shape index (κ2) is 9.42. The number of rotatable bonds is 6. The molecule has 2 fully saturated rings. The van der Waals surface area contributed by atoms with Gasteiger partial charge in [0.1, 0.15) is 0 Å². The highest BCUT2D eigenvalue weighted by Gasteiger charge is 2.28. The summed E-state index contributed by atoms with van der Waals surface area (Å²) in [5.74, 6) is -0.409. The van der Waals surface area contributed by atoms with E-state index in [1.165, 1.54) is 17.3 Å². The molecule has 2 heterocycles. The minimum atomic E-state index is -3.65. The number of nitrogens with zero attached hydrogens (tertiary/aromatic N) is 2. The summed E-state index contributed by atoms with van der Waals surface area (Å²) in [5, 5.41) is 2.86. The molecule has 0 atom stereocenters. The van der Waals surface area contributed by atoms with Gasteiger partial charge < -0.3 is 10.2 Å². The zero-order chi connectivity index (χ0) is 22.7. The van der Waals surface area contributed by atoms with Gasteiger partial charge in [0.25, 0.3) is 5.91 Å². The van der Waals surface area contributed by atoms with Gasteiger partial charge in [-0.25, -0.2) is 8.42 Å². The highest BCUT2D eigenvalue weighted by molar-refractivity contribution is 7.89. The lowest BCUT2D eigenvalue weighted by atomic mass is 10.1. The van der Waals surface area contributed by atoms with Gasteiger partial charge in [0.15, 0.2) is 5.78 Å². The molecular formula is C24H29N3O4S. The Balaban J connectivity index is 1.66. The van der Waals surface area contributed by atoms with Crippen LogP contribution in [0.5, 0.6) is 0 Å². The van der Waals surface area contributed by atoms with Crippen LogP contribution < -0.4 is 10.2 Å². The van der Waals surface area contributed by atoms with Crippen LogP contribution in [0.2, 0.25) is 0 Å². The van der Waals surface area contributed by atoms with Gasteiger partial charge in [0.05, 0.1) is 10.5 Å². The van der Waals surface area contributed by atoms with Crippen LogP contribution in [0.25, 0.3) is 0 Å². The van der Waals surface area contributed by atoms with Crippen molar-refractivity contribution in [3.8, 4) is 0 Å². The summed E-state index contributed by atoms with van der Waals surface area (Å²) in [4.78, 5) is 27.0. The highest BCUT2D eigenvalue weighted by atomic mass is 32.2. The number of sulfonamides is 1. The predicted molar refractivity (Wildman–Crippen MR) is 125 cm³/mol. The normalized spacial score (nSPS) is 17.3. The molecule has 2 saturated heterocycles. The van der Waals surface area contributed by atoms with Crippen LogP contribution in [-0.2, 0) is 10.0 Å². The molecule has 32 heavy (non-hydrogen) atoms. The molecule has 7 nitrogen and oxygen atoms in total. The zero-order valence-corrected chi connectivity index (χ0v) is 19.2. The molecule has 2 aromatic rings. The van der Waals surface area contributed by atoms with Crippen molar-refractivity contribution in [1.82, 2.24) is 4.31 Å². The van der Waals surface area contributed by atoms with Crippen molar-refractivity contribution >= 4 is 33.1 Å².